The van der Waals surface area contributed by atoms with Crippen molar-refractivity contribution in [2.75, 3.05) is 0 Å². The molecule has 0 unspecified atom stereocenters. The van der Waals surface area contributed by atoms with E-state index in [2.05, 4.69) is 22.5 Å². The predicted octanol–water partition coefficient (Wildman–Crippen LogP) is 1.77. The molecule has 36 heavy (non-hydrogen) atoms. The molecule has 2 amide bonds. The molecule has 0 aromatic heterocycles. The Balaban J connectivity index is 1.54. The van der Waals surface area contributed by atoms with E-state index in [0.29, 0.717) is 18.7 Å². The lowest BCUT2D eigenvalue weighted by Gasteiger charge is -2.19. The Hall–Kier alpha value is -4.36. The summed E-state index contributed by atoms with van der Waals surface area (Å²) in [6.45, 7) is 2.48. The van der Waals surface area contributed by atoms with Crippen LogP contribution < -0.4 is 16.1 Å². The summed E-state index contributed by atoms with van der Waals surface area (Å²) >= 11 is 0. The number of benzene rings is 3. The molecule has 0 heterocycles. The van der Waals surface area contributed by atoms with Crippen molar-refractivity contribution < 1.29 is 30.1 Å². The zero-order valence-corrected chi connectivity index (χ0v) is 19.5. The van der Waals surface area contributed by atoms with Gasteiger partial charge in [-0.05, 0) is 66.6 Å². The third-order valence-corrected chi connectivity index (χ3v) is 5.31. The molecule has 0 aliphatic heterocycles. The number of aliphatic hydroxyl groups excluding tert-OH is 1. The Morgan fingerprint density at radius 2 is 1.39 bits per heavy atom. The maximum atomic E-state index is 12.3. The van der Waals surface area contributed by atoms with Crippen LogP contribution in [0.15, 0.2) is 66.7 Å². The van der Waals surface area contributed by atoms with Crippen LogP contribution in [0.4, 0.5) is 0 Å². The molecule has 3 rings (SSSR count). The molecular weight excluding hydrogens is 462 g/mol. The zero-order chi connectivity index (χ0) is 26.1. The van der Waals surface area contributed by atoms with Crippen LogP contribution in [-0.2, 0) is 17.9 Å². The highest BCUT2D eigenvalue weighted by atomic mass is 16.5. The number of nitrogens with one attached hydrogen (secondary N) is 3. The quantitative estimate of drug-likeness (QED) is 0.110. The molecule has 0 spiro atoms. The molecule has 3 aromatic carbocycles. The van der Waals surface area contributed by atoms with Gasteiger partial charge in [-0.2, -0.15) is 0 Å². The van der Waals surface area contributed by atoms with Crippen molar-refractivity contribution in [1.29, 1.82) is 0 Å². The normalized spacial score (nSPS) is 12.1. The van der Waals surface area contributed by atoms with E-state index in [0.717, 1.165) is 16.7 Å². The maximum Gasteiger partial charge on any atom is 0.268 e. The number of aliphatic hydroxyl groups is 1. The number of rotatable bonds is 8. The molecule has 9 nitrogen and oxygen atoms in total. The molecule has 0 radical (unpaired) electrons. The van der Waals surface area contributed by atoms with Gasteiger partial charge in [0.05, 0.1) is 6.10 Å². The van der Waals surface area contributed by atoms with E-state index in [4.69, 9.17) is 5.21 Å². The van der Waals surface area contributed by atoms with E-state index in [1.807, 2.05) is 24.3 Å². The van der Waals surface area contributed by atoms with Crippen molar-refractivity contribution in [2.24, 2.45) is 0 Å². The first-order chi connectivity index (χ1) is 17.3. The highest BCUT2D eigenvalue weighted by Crippen LogP contribution is 2.24. The van der Waals surface area contributed by atoms with Crippen LogP contribution in [0, 0.1) is 11.8 Å². The van der Waals surface area contributed by atoms with Gasteiger partial charge in [0.15, 0.2) is 11.5 Å². The number of phenolic OH excluding ortho intramolecular Hbond substituents is 2. The number of aromatic hydroxyl groups is 2. The molecule has 9 heteroatoms. The van der Waals surface area contributed by atoms with Gasteiger partial charge in [0.1, 0.15) is 6.04 Å². The van der Waals surface area contributed by atoms with Gasteiger partial charge in [-0.15, -0.1) is 0 Å². The minimum Gasteiger partial charge on any atom is -0.504 e. The van der Waals surface area contributed by atoms with Crippen LogP contribution in [0.3, 0.4) is 0 Å². The number of carbonyl (C=O) groups is 2. The van der Waals surface area contributed by atoms with Crippen LogP contribution in [0.2, 0.25) is 0 Å². The molecule has 0 saturated heterocycles. The van der Waals surface area contributed by atoms with Crippen molar-refractivity contribution in [1.82, 2.24) is 16.1 Å². The van der Waals surface area contributed by atoms with Gasteiger partial charge in [0.25, 0.3) is 11.8 Å². The summed E-state index contributed by atoms with van der Waals surface area (Å²) in [6, 6.07) is 17.6. The summed E-state index contributed by atoms with van der Waals surface area (Å²) in [5.41, 5.74) is 5.11. The van der Waals surface area contributed by atoms with Gasteiger partial charge in [0.2, 0.25) is 0 Å². The average molecular weight is 490 g/mol. The summed E-state index contributed by atoms with van der Waals surface area (Å²) < 4.78 is 0. The second kappa shape index (κ2) is 12.4. The van der Waals surface area contributed by atoms with E-state index >= 15 is 0 Å². The lowest BCUT2D eigenvalue weighted by atomic mass is 10.1. The van der Waals surface area contributed by atoms with E-state index in [1.54, 1.807) is 30.3 Å². The standard InChI is InChI=1S/C27H27N3O6/c1-17(31)25(27(35)30-36)29-26(34)22-11-8-19(9-12-22)3-2-18-4-6-20(7-5-18)15-28-16-21-10-13-23(32)24(33)14-21/h4-14,17,25,28,31-33,36H,15-16H2,1H3,(H,29,34)(H,30,35)/t17-,25+/m1/s1. The Morgan fingerprint density at radius 1 is 0.833 bits per heavy atom. The van der Waals surface area contributed by atoms with E-state index in [9.17, 15) is 24.9 Å². The zero-order valence-electron chi connectivity index (χ0n) is 19.5. The first-order valence-electron chi connectivity index (χ1n) is 11.1. The molecule has 0 aliphatic rings. The molecule has 186 valence electrons. The summed E-state index contributed by atoms with van der Waals surface area (Å²) in [6.07, 6.45) is -1.19. The fourth-order valence-corrected chi connectivity index (χ4v) is 3.28. The first-order valence-corrected chi connectivity index (χ1v) is 11.1. The fraction of sp³-hybridized carbons (Fsp3) is 0.185. The van der Waals surface area contributed by atoms with Gasteiger partial charge >= 0.3 is 0 Å². The largest absolute Gasteiger partial charge is 0.504 e. The van der Waals surface area contributed by atoms with Crippen molar-refractivity contribution in [3.8, 4) is 23.3 Å². The maximum absolute atomic E-state index is 12.3. The Morgan fingerprint density at radius 3 is 1.94 bits per heavy atom. The van der Waals surface area contributed by atoms with E-state index in [-0.39, 0.29) is 17.1 Å². The second-order valence-electron chi connectivity index (χ2n) is 8.12. The minimum absolute atomic E-state index is 0.146. The van der Waals surface area contributed by atoms with Crippen LogP contribution in [0.25, 0.3) is 0 Å². The van der Waals surface area contributed by atoms with E-state index in [1.165, 1.54) is 24.5 Å². The lowest BCUT2D eigenvalue weighted by Crippen LogP contribution is -2.51. The number of carbonyl (C=O) groups excluding carboxylic acids is 2. The first kappa shape index (κ1) is 26.2. The van der Waals surface area contributed by atoms with Gasteiger partial charge in [-0.3, -0.25) is 14.8 Å². The predicted molar refractivity (Wildman–Crippen MR) is 132 cm³/mol. The van der Waals surface area contributed by atoms with Gasteiger partial charge in [0, 0.05) is 29.8 Å². The highest BCUT2D eigenvalue weighted by Gasteiger charge is 2.25. The summed E-state index contributed by atoms with van der Waals surface area (Å²) in [4.78, 5) is 23.9. The van der Waals surface area contributed by atoms with Crippen LogP contribution in [0.5, 0.6) is 11.5 Å². The lowest BCUT2D eigenvalue weighted by molar-refractivity contribution is -0.133. The monoisotopic (exact) mass is 489 g/mol. The Kier molecular flexibility index (Phi) is 9.02. The molecular formula is C27H27N3O6. The van der Waals surface area contributed by atoms with Crippen molar-refractivity contribution >= 4 is 11.8 Å². The molecule has 3 aromatic rings. The van der Waals surface area contributed by atoms with Crippen LogP contribution in [-0.4, -0.2) is 44.5 Å². The smallest absolute Gasteiger partial charge is 0.268 e. The highest BCUT2D eigenvalue weighted by molar-refractivity contribution is 5.97. The molecule has 7 N–H and O–H groups in total. The number of hydroxylamine groups is 1. The van der Waals surface area contributed by atoms with Crippen LogP contribution >= 0.6 is 0 Å². The van der Waals surface area contributed by atoms with Gasteiger partial charge in [-0.1, -0.05) is 30.0 Å². The molecule has 0 bridgehead atoms. The topological polar surface area (TPSA) is 151 Å². The van der Waals surface area contributed by atoms with Crippen molar-refractivity contribution in [2.45, 2.75) is 32.2 Å². The van der Waals surface area contributed by atoms with Gasteiger partial charge < -0.3 is 26.0 Å². The molecule has 2 atom stereocenters. The van der Waals surface area contributed by atoms with Crippen molar-refractivity contribution in [3.63, 3.8) is 0 Å². The summed E-state index contributed by atoms with van der Waals surface area (Å²) in [7, 11) is 0. The summed E-state index contributed by atoms with van der Waals surface area (Å²) in [5.74, 6) is 4.31. The fourth-order valence-electron chi connectivity index (χ4n) is 3.28. The third kappa shape index (κ3) is 7.32. The van der Waals surface area contributed by atoms with Gasteiger partial charge in [-0.25, -0.2) is 5.48 Å². The third-order valence-electron chi connectivity index (χ3n) is 5.31. The van der Waals surface area contributed by atoms with Crippen molar-refractivity contribution in [3.05, 3.63) is 94.5 Å². The minimum atomic E-state index is -1.29. The number of hydrogen-bond donors (Lipinski definition) is 7. The summed E-state index contributed by atoms with van der Waals surface area (Å²) in [5, 5.41) is 42.9. The number of phenols is 2. The average Bonchev–Trinajstić information content (AvgIpc) is 2.88. The number of amides is 2. The molecule has 0 fully saturated rings. The Labute approximate surface area is 208 Å². The van der Waals surface area contributed by atoms with Crippen LogP contribution in [0.1, 0.15) is 39.5 Å². The SMILES string of the molecule is C[C@@H](O)[C@H](NC(=O)c1ccc(C#Cc2ccc(CNCc3ccc(O)c(O)c3)cc2)cc1)C(=O)NO. The molecule has 0 aliphatic carbocycles. The van der Waals surface area contributed by atoms with E-state index < -0.39 is 24.0 Å². The number of hydrogen-bond acceptors (Lipinski definition) is 7. The second-order valence-corrected chi connectivity index (χ2v) is 8.12. The Bertz CT molecular complexity index is 1260. The molecule has 0 saturated carbocycles.